The van der Waals surface area contributed by atoms with Crippen molar-refractivity contribution in [1.82, 2.24) is 4.90 Å². The Balaban J connectivity index is 1.62. The Morgan fingerprint density at radius 1 is 0.931 bits per heavy atom. The normalized spacial score (nSPS) is 27.6. The van der Waals surface area contributed by atoms with Crippen molar-refractivity contribution in [2.24, 2.45) is 11.8 Å². The van der Waals surface area contributed by atoms with Gasteiger partial charge in [0, 0.05) is 30.1 Å². The Kier molecular flexibility index (Phi) is 4.17. The largest absolute Gasteiger partial charge is 0.285 e. The highest BCUT2D eigenvalue weighted by molar-refractivity contribution is 5.42. The molecule has 0 bridgehead atoms. The number of hydrogen-bond acceptors (Lipinski definition) is 1. The van der Waals surface area contributed by atoms with E-state index in [4.69, 9.17) is 0 Å². The Morgan fingerprint density at radius 2 is 1.59 bits per heavy atom. The summed E-state index contributed by atoms with van der Waals surface area (Å²) >= 11 is 0. The van der Waals surface area contributed by atoms with Crippen LogP contribution in [0, 0.1) is 40.9 Å². The van der Waals surface area contributed by atoms with Gasteiger partial charge in [0.15, 0.2) is 23.3 Å². The van der Waals surface area contributed by atoms with Gasteiger partial charge in [-0.15, -0.1) is 0 Å². The molecule has 0 N–H and O–H groups in total. The first-order chi connectivity index (χ1) is 13.9. The van der Waals surface area contributed by atoms with Gasteiger partial charge in [0.05, 0.1) is 0 Å². The van der Waals surface area contributed by atoms with Crippen LogP contribution in [0.3, 0.4) is 0 Å². The third kappa shape index (κ3) is 2.61. The monoisotopic (exact) mass is 403 g/mol. The third-order valence-electron chi connectivity index (χ3n) is 6.52. The summed E-state index contributed by atoms with van der Waals surface area (Å²) in [5, 5.41) is 0. The predicted octanol–water partition coefficient (Wildman–Crippen LogP) is 5.61. The molecule has 3 aliphatic rings. The summed E-state index contributed by atoms with van der Waals surface area (Å²) in [7, 11) is 0. The maximum absolute atomic E-state index is 14.4. The van der Waals surface area contributed by atoms with Gasteiger partial charge in [-0.1, -0.05) is 48.1 Å². The highest BCUT2D eigenvalue weighted by Gasteiger charge is 2.51. The predicted molar refractivity (Wildman–Crippen MR) is 98.3 cm³/mol. The molecule has 0 amide bonds. The number of allylic oxidation sites excluding steroid dienone is 2. The molecule has 5 rings (SSSR count). The lowest BCUT2D eigenvalue weighted by molar-refractivity contribution is 0.190. The average molecular weight is 403 g/mol. The van der Waals surface area contributed by atoms with E-state index in [-0.39, 0.29) is 30.5 Å². The van der Waals surface area contributed by atoms with Crippen molar-refractivity contribution < 1.29 is 22.0 Å². The minimum absolute atomic E-state index is 0.124. The maximum Gasteiger partial charge on any atom is 0.200 e. The van der Waals surface area contributed by atoms with Crippen LogP contribution in [-0.2, 0) is 13.0 Å². The summed E-state index contributed by atoms with van der Waals surface area (Å²) in [6, 6.07) is 7.60. The molecular weight excluding hydrogens is 385 g/mol. The van der Waals surface area contributed by atoms with E-state index >= 15 is 0 Å². The van der Waals surface area contributed by atoms with Crippen LogP contribution in [0.4, 0.5) is 22.0 Å². The van der Waals surface area contributed by atoms with Gasteiger partial charge in [-0.05, 0) is 30.4 Å². The summed E-state index contributed by atoms with van der Waals surface area (Å²) in [5.74, 6) is -9.10. The first kappa shape index (κ1) is 18.6. The van der Waals surface area contributed by atoms with E-state index in [0.717, 1.165) is 17.6 Å². The number of nitrogens with zero attached hydrogens (tertiary/aromatic N) is 1. The molecule has 1 aliphatic heterocycles. The van der Waals surface area contributed by atoms with Crippen LogP contribution >= 0.6 is 0 Å². The van der Waals surface area contributed by atoms with Gasteiger partial charge in [0.25, 0.3) is 0 Å². The van der Waals surface area contributed by atoms with Gasteiger partial charge >= 0.3 is 0 Å². The molecular formula is C23H18F5N. The van der Waals surface area contributed by atoms with Crippen molar-refractivity contribution in [3.8, 4) is 0 Å². The Labute approximate surface area is 165 Å². The minimum atomic E-state index is -2.12. The average Bonchev–Trinajstić information content (AvgIpc) is 3.23. The zero-order valence-corrected chi connectivity index (χ0v) is 15.6. The number of benzene rings is 2. The lowest BCUT2D eigenvalue weighted by atomic mass is 9.83. The van der Waals surface area contributed by atoms with Gasteiger partial charge in [-0.2, -0.15) is 0 Å². The molecule has 29 heavy (non-hydrogen) atoms. The fraction of sp³-hybridized carbons (Fsp3) is 0.304. The molecule has 0 aromatic heterocycles. The van der Waals surface area contributed by atoms with Crippen molar-refractivity contribution in [2.75, 3.05) is 0 Å². The fourth-order valence-electron chi connectivity index (χ4n) is 5.28. The van der Waals surface area contributed by atoms with Gasteiger partial charge < -0.3 is 0 Å². The van der Waals surface area contributed by atoms with Gasteiger partial charge in [0.1, 0.15) is 0 Å². The number of hydrogen-bond donors (Lipinski definition) is 0. The van der Waals surface area contributed by atoms with E-state index in [9.17, 15) is 22.0 Å². The van der Waals surface area contributed by atoms with Gasteiger partial charge in [-0.3, -0.25) is 4.90 Å². The van der Waals surface area contributed by atoms with E-state index in [1.807, 2.05) is 48.2 Å². The molecule has 6 heteroatoms. The first-order valence-electron chi connectivity index (χ1n) is 9.59. The van der Waals surface area contributed by atoms with Crippen molar-refractivity contribution in [3.63, 3.8) is 0 Å². The van der Waals surface area contributed by atoms with Crippen LogP contribution in [0.2, 0.25) is 0 Å². The van der Waals surface area contributed by atoms with Crippen LogP contribution in [-0.4, -0.2) is 10.9 Å². The summed E-state index contributed by atoms with van der Waals surface area (Å²) in [4.78, 5) is 1.89. The number of rotatable bonds is 2. The smallest absolute Gasteiger partial charge is 0.200 e. The minimum Gasteiger partial charge on any atom is -0.285 e. The molecule has 1 heterocycles. The molecule has 1 nitrogen and oxygen atoms in total. The van der Waals surface area contributed by atoms with Crippen molar-refractivity contribution in [1.29, 1.82) is 0 Å². The van der Waals surface area contributed by atoms with E-state index in [1.165, 1.54) is 5.56 Å². The number of fused-ring (bicyclic) bond motifs is 5. The second-order valence-corrected chi connectivity index (χ2v) is 8.07. The van der Waals surface area contributed by atoms with E-state index < -0.39 is 34.6 Å². The van der Waals surface area contributed by atoms with Crippen molar-refractivity contribution in [3.05, 3.63) is 93.8 Å². The van der Waals surface area contributed by atoms with Crippen molar-refractivity contribution in [2.45, 2.75) is 32.0 Å². The molecule has 0 saturated carbocycles. The summed E-state index contributed by atoms with van der Waals surface area (Å²) in [6.07, 6.45) is 6.91. The topological polar surface area (TPSA) is 3.24 Å². The molecule has 1 saturated heterocycles. The molecule has 1 fully saturated rings. The zero-order valence-electron chi connectivity index (χ0n) is 15.6. The van der Waals surface area contributed by atoms with Crippen LogP contribution in [0.25, 0.3) is 0 Å². The molecule has 2 aromatic carbocycles. The fourth-order valence-corrected chi connectivity index (χ4v) is 5.28. The highest BCUT2D eigenvalue weighted by Crippen LogP contribution is 2.54. The molecule has 0 spiro atoms. The van der Waals surface area contributed by atoms with Gasteiger partial charge in [-0.25, -0.2) is 22.0 Å². The van der Waals surface area contributed by atoms with Gasteiger partial charge in [0.2, 0.25) is 5.82 Å². The van der Waals surface area contributed by atoms with Crippen LogP contribution < -0.4 is 0 Å². The number of likely N-dealkylation sites (tertiary alicyclic amines) is 1. The first-order valence-corrected chi connectivity index (χ1v) is 9.59. The van der Waals surface area contributed by atoms with Crippen LogP contribution in [0.5, 0.6) is 0 Å². The maximum atomic E-state index is 14.4. The third-order valence-corrected chi connectivity index (χ3v) is 6.52. The summed E-state index contributed by atoms with van der Waals surface area (Å²) in [6.45, 7) is 1.65. The molecule has 4 unspecified atom stereocenters. The second kappa shape index (κ2) is 6.52. The Morgan fingerprint density at radius 3 is 2.31 bits per heavy atom. The standard InChI is InChI=1S/C23H18F5N/c1-11-6-7-17-14(8-11)15-9-12-4-2-3-5-13(12)23(15)29(17)10-16-18(24)20(26)22(28)21(27)19(16)25/h2-8,14-15,17,23H,9-10H2,1H3. The molecule has 4 atom stereocenters. The summed E-state index contributed by atoms with van der Waals surface area (Å²) in [5.41, 5.74) is 2.57. The van der Waals surface area contributed by atoms with Crippen LogP contribution in [0.1, 0.15) is 29.7 Å². The molecule has 2 aromatic rings. The van der Waals surface area contributed by atoms with E-state index in [2.05, 4.69) is 6.08 Å². The van der Waals surface area contributed by atoms with Crippen LogP contribution in [0.15, 0.2) is 48.1 Å². The SMILES string of the molecule is CC1=CC2C3Cc4ccccc4C3N(Cc3c(F)c(F)c(F)c(F)c3F)C2C=C1. The highest BCUT2D eigenvalue weighted by atomic mass is 19.2. The zero-order chi connectivity index (χ0) is 20.4. The molecule has 0 radical (unpaired) electrons. The van der Waals surface area contributed by atoms with Crippen molar-refractivity contribution >= 4 is 0 Å². The van der Waals surface area contributed by atoms with E-state index in [0.29, 0.717) is 0 Å². The molecule has 2 aliphatic carbocycles. The Bertz CT molecular complexity index is 1040. The number of halogens is 5. The Hall–Kier alpha value is -2.47. The van der Waals surface area contributed by atoms with E-state index in [1.54, 1.807) is 0 Å². The quantitative estimate of drug-likeness (QED) is 0.358. The summed E-state index contributed by atoms with van der Waals surface area (Å²) < 4.78 is 69.8. The lowest BCUT2D eigenvalue weighted by Gasteiger charge is -2.31. The second-order valence-electron chi connectivity index (χ2n) is 8.07. The lowest BCUT2D eigenvalue weighted by Crippen LogP contribution is -2.34. The molecule has 150 valence electrons.